The molecule has 9 unspecified atom stereocenters. The quantitative estimate of drug-likeness (QED) is 0.181. The maximum absolute atomic E-state index is 12.6. The van der Waals surface area contributed by atoms with Crippen LogP contribution in [-0.2, 0) is 42.9 Å². The predicted octanol–water partition coefficient (Wildman–Crippen LogP) is 3.91. The molecule has 3 rings (SSSR count). The Bertz CT molecular complexity index is 1080. The Morgan fingerprint density at radius 3 is 2.25 bits per heavy atom. The van der Waals surface area contributed by atoms with E-state index in [1.54, 1.807) is 12.2 Å². The molecule has 1 saturated carbocycles. The highest BCUT2D eigenvalue weighted by atomic mass is 16.8. The maximum Gasteiger partial charge on any atom is 0.306 e. The summed E-state index contributed by atoms with van der Waals surface area (Å²) >= 11 is 0. The topological polar surface area (TPSA) is 135 Å². The van der Waals surface area contributed by atoms with E-state index in [-0.39, 0.29) is 18.8 Å². The van der Waals surface area contributed by atoms with Gasteiger partial charge in [0.15, 0.2) is 0 Å². The molecule has 1 saturated heterocycles. The van der Waals surface area contributed by atoms with Gasteiger partial charge >= 0.3 is 23.9 Å². The van der Waals surface area contributed by atoms with Crippen LogP contribution in [0.4, 0.5) is 0 Å². The summed E-state index contributed by atoms with van der Waals surface area (Å²) in [4.78, 5) is 49.3. The highest BCUT2D eigenvalue weighted by Crippen LogP contribution is 2.67. The Hall–Kier alpha value is -2.98. The lowest BCUT2D eigenvalue weighted by Gasteiger charge is -2.62. The number of aliphatic hydroxyl groups is 1. The Morgan fingerprint density at radius 1 is 1.07 bits per heavy atom. The van der Waals surface area contributed by atoms with Gasteiger partial charge in [0.25, 0.3) is 0 Å². The second-order valence-corrected chi connectivity index (χ2v) is 11.3. The van der Waals surface area contributed by atoms with Gasteiger partial charge in [-0.25, -0.2) is 0 Å². The lowest BCUT2D eigenvalue weighted by atomic mass is 9.44. The standard InChI is InChI=1S/C30H42O10/c1-9-11-24(34)39-21-14-22-27(37-19(6)32)40-28(38-20(7)33)30(22)23(15-21)29(8,13-12-16(3)10-2)17(4)25(26(30)35)36-18(5)31/h10,14,17,21,23,25-28,35H,2-3,9,11-13,15H2,1,4-8H3. The van der Waals surface area contributed by atoms with Gasteiger partial charge in [0.05, 0.1) is 5.41 Å². The van der Waals surface area contributed by atoms with Gasteiger partial charge in [-0.3, -0.25) is 23.9 Å². The van der Waals surface area contributed by atoms with E-state index in [1.165, 1.54) is 20.8 Å². The molecular weight excluding hydrogens is 520 g/mol. The van der Waals surface area contributed by atoms with Gasteiger partial charge in [0.2, 0.25) is 12.6 Å². The van der Waals surface area contributed by atoms with Gasteiger partial charge in [-0.15, -0.1) is 0 Å². The molecule has 3 aliphatic rings. The Kier molecular flexibility index (Phi) is 9.67. The van der Waals surface area contributed by atoms with Crippen molar-refractivity contribution in [3.8, 4) is 0 Å². The second-order valence-electron chi connectivity index (χ2n) is 11.3. The van der Waals surface area contributed by atoms with E-state index in [2.05, 4.69) is 13.2 Å². The average molecular weight is 563 g/mol. The van der Waals surface area contributed by atoms with E-state index in [1.807, 2.05) is 20.8 Å². The van der Waals surface area contributed by atoms with Crippen LogP contribution in [0.15, 0.2) is 36.5 Å². The van der Waals surface area contributed by atoms with E-state index in [0.29, 0.717) is 24.8 Å². The summed E-state index contributed by atoms with van der Waals surface area (Å²) in [6.07, 6.45) is -0.399. The molecule has 0 bridgehead atoms. The molecule has 9 atom stereocenters. The minimum absolute atomic E-state index is 0.222. The first-order valence-electron chi connectivity index (χ1n) is 13.8. The second kappa shape index (κ2) is 12.3. The first-order valence-corrected chi connectivity index (χ1v) is 13.8. The summed E-state index contributed by atoms with van der Waals surface area (Å²) in [5.74, 6) is -3.23. The highest BCUT2D eigenvalue weighted by molar-refractivity contribution is 5.70. The Labute approximate surface area is 235 Å². The number of hydrogen-bond acceptors (Lipinski definition) is 10. The number of carbonyl (C=O) groups excluding carboxylic acids is 4. The lowest BCUT2D eigenvalue weighted by molar-refractivity contribution is -0.276. The van der Waals surface area contributed by atoms with Crippen molar-refractivity contribution >= 4 is 23.9 Å². The van der Waals surface area contributed by atoms with E-state index in [4.69, 9.17) is 23.7 Å². The summed E-state index contributed by atoms with van der Waals surface area (Å²) < 4.78 is 28.8. The van der Waals surface area contributed by atoms with Crippen molar-refractivity contribution in [3.63, 3.8) is 0 Å². The smallest absolute Gasteiger partial charge is 0.306 e. The zero-order chi connectivity index (χ0) is 30.0. The minimum atomic E-state index is -1.48. The molecule has 1 aliphatic heterocycles. The molecule has 0 aromatic heterocycles. The molecule has 0 aromatic rings. The van der Waals surface area contributed by atoms with Crippen molar-refractivity contribution in [2.45, 2.75) is 105 Å². The van der Waals surface area contributed by atoms with Gasteiger partial charge in [0.1, 0.15) is 18.3 Å². The largest absolute Gasteiger partial charge is 0.459 e. The van der Waals surface area contributed by atoms with Crippen molar-refractivity contribution in [1.82, 2.24) is 0 Å². The van der Waals surface area contributed by atoms with E-state index in [9.17, 15) is 24.3 Å². The van der Waals surface area contributed by atoms with Crippen molar-refractivity contribution in [3.05, 3.63) is 36.5 Å². The van der Waals surface area contributed by atoms with Crippen LogP contribution in [0.1, 0.15) is 73.6 Å². The van der Waals surface area contributed by atoms with Crippen LogP contribution in [-0.4, -0.2) is 59.9 Å². The average Bonchev–Trinajstić information content (AvgIpc) is 3.15. The van der Waals surface area contributed by atoms with Gasteiger partial charge < -0.3 is 24.1 Å². The zero-order valence-corrected chi connectivity index (χ0v) is 24.3. The SMILES string of the molecule is C=CC(=C)CCC1(C)C(C)C(OC(C)=O)C(O)C23C(=CC(OC(=O)CCC)CC12)C(OC(C)=O)OC3OC(C)=O. The van der Waals surface area contributed by atoms with Gasteiger partial charge in [0, 0.05) is 38.7 Å². The number of esters is 4. The maximum atomic E-state index is 12.6. The molecule has 1 spiro atoms. The first-order chi connectivity index (χ1) is 18.7. The first kappa shape index (κ1) is 31.5. The van der Waals surface area contributed by atoms with Crippen LogP contribution in [0.5, 0.6) is 0 Å². The normalized spacial score (nSPS) is 36.3. The molecule has 0 amide bonds. The number of aliphatic hydroxyl groups excluding tert-OH is 1. The molecule has 2 fully saturated rings. The molecule has 40 heavy (non-hydrogen) atoms. The Morgan fingerprint density at radius 2 is 1.70 bits per heavy atom. The van der Waals surface area contributed by atoms with Crippen molar-refractivity contribution in [2.75, 3.05) is 0 Å². The monoisotopic (exact) mass is 562 g/mol. The number of hydrogen-bond donors (Lipinski definition) is 1. The van der Waals surface area contributed by atoms with Gasteiger partial charge in [-0.1, -0.05) is 45.6 Å². The van der Waals surface area contributed by atoms with Crippen molar-refractivity contribution in [2.24, 2.45) is 22.7 Å². The molecule has 2 aliphatic carbocycles. The summed E-state index contributed by atoms with van der Waals surface area (Å²) in [5.41, 5.74) is -1.07. The number of ether oxygens (including phenoxy) is 5. The van der Waals surface area contributed by atoms with Crippen LogP contribution in [0, 0.1) is 22.7 Å². The van der Waals surface area contributed by atoms with E-state index >= 15 is 0 Å². The fourth-order valence-electron chi connectivity index (χ4n) is 6.82. The Balaban J connectivity index is 2.30. The molecule has 222 valence electrons. The highest BCUT2D eigenvalue weighted by Gasteiger charge is 2.74. The number of rotatable bonds is 10. The summed E-state index contributed by atoms with van der Waals surface area (Å²) in [6.45, 7) is 17.3. The van der Waals surface area contributed by atoms with Crippen molar-refractivity contribution in [1.29, 1.82) is 0 Å². The lowest BCUT2D eigenvalue weighted by Crippen LogP contribution is -2.68. The van der Waals surface area contributed by atoms with Gasteiger partial charge in [-0.2, -0.15) is 0 Å². The van der Waals surface area contributed by atoms with E-state index in [0.717, 1.165) is 5.57 Å². The number of carbonyl (C=O) groups is 4. The summed E-state index contributed by atoms with van der Waals surface area (Å²) in [7, 11) is 0. The van der Waals surface area contributed by atoms with Crippen LogP contribution < -0.4 is 0 Å². The van der Waals surface area contributed by atoms with Crippen LogP contribution in [0.3, 0.4) is 0 Å². The molecule has 0 radical (unpaired) electrons. The minimum Gasteiger partial charge on any atom is -0.459 e. The third-order valence-corrected chi connectivity index (χ3v) is 8.79. The third kappa shape index (κ3) is 5.74. The summed E-state index contributed by atoms with van der Waals surface area (Å²) in [5, 5.41) is 12.1. The van der Waals surface area contributed by atoms with Crippen LogP contribution in [0.25, 0.3) is 0 Å². The zero-order valence-electron chi connectivity index (χ0n) is 24.3. The molecule has 0 aromatic carbocycles. The molecule has 1 heterocycles. The third-order valence-electron chi connectivity index (χ3n) is 8.79. The molecule has 1 N–H and O–H groups in total. The molecular formula is C30H42O10. The molecule has 10 heteroatoms. The fourth-order valence-corrected chi connectivity index (χ4v) is 6.82. The van der Waals surface area contributed by atoms with Crippen LogP contribution in [0.2, 0.25) is 0 Å². The fraction of sp³-hybridized carbons (Fsp3) is 0.667. The van der Waals surface area contributed by atoms with Crippen LogP contribution >= 0.6 is 0 Å². The van der Waals surface area contributed by atoms with E-state index < -0.39 is 71.5 Å². The summed E-state index contributed by atoms with van der Waals surface area (Å²) in [6, 6.07) is 0. The number of allylic oxidation sites excluding steroid dienone is 2. The van der Waals surface area contributed by atoms with Crippen molar-refractivity contribution < 1.29 is 48.0 Å². The molecule has 10 nitrogen and oxygen atoms in total. The predicted molar refractivity (Wildman–Crippen MR) is 143 cm³/mol. The van der Waals surface area contributed by atoms with Gasteiger partial charge in [-0.05, 0) is 43.1 Å².